The van der Waals surface area contributed by atoms with Crippen molar-refractivity contribution in [3.05, 3.63) is 0 Å². The molecule has 1 aliphatic rings. The molecule has 0 aliphatic carbocycles. The molecule has 0 spiro atoms. The third-order valence-electron chi connectivity index (χ3n) is 2.92. The van der Waals surface area contributed by atoms with Crippen molar-refractivity contribution >= 4 is 5.91 Å². The summed E-state index contributed by atoms with van der Waals surface area (Å²) in [4.78, 5) is 12.3. The van der Waals surface area contributed by atoms with Crippen molar-refractivity contribution in [2.24, 2.45) is 5.92 Å². The molecule has 0 aromatic heterocycles. The predicted molar refractivity (Wildman–Crippen MR) is 53.9 cm³/mol. The molecule has 0 atom stereocenters. The van der Waals surface area contributed by atoms with E-state index < -0.39 is 12.3 Å². The molecule has 0 unspecified atom stereocenters. The maximum Gasteiger partial charge on any atom is 0.315 e. The highest BCUT2D eigenvalue weighted by Crippen LogP contribution is 2.20. The Morgan fingerprint density at radius 3 is 2.53 bits per heavy atom. The highest BCUT2D eigenvalue weighted by molar-refractivity contribution is 5.79. The molecule has 1 saturated heterocycles. The molecule has 0 aromatic carbocycles. The van der Waals surface area contributed by atoms with Gasteiger partial charge in [0.15, 0.2) is 0 Å². The highest BCUT2D eigenvalue weighted by atomic mass is 19.3. The lowest BCUT2D eigenvalue weighted by Gasteiger charge is -2.31. The lowest BCUT2D eigenvalue weighted by molar-refractivity contribution is -0.144. The summed E-state index contributed by atoms with van der Waals surface area (Å²) in [5, 5.41) is 3.07. The maximum atomic E-state index is 12.1. The maximum absolute atomic E-state index is 12.1. The second-order valence-electron chi connectivity index (χ2n) is 3.96. The van der Waals surface area contributed by atoms with Gasteiger partial charge in [-0.3, -0.25) is 4.79 Å². The van der Waals surface area contributed by atoms with Gasteiger partial charge in [0.2, 0.25) is 0 Å². The van der Waals surface area contributed by atoms with E-state index in [1.54, 1.807) is 0 Å². The van der Waals surface area contributed by atoms with Crippen LogP contribution in [0.3, 0.4) is 0 Å². The van der Waals surface area contributed by atoms with Crippen LogP contribution >= 0.6 is 0 Å². The van der Waals surface area contributed by atoms with Crippen molar-refractivity contribution in [1.82, 2.24) is 10.2 Å². The van der Waals surface area contributed by atoms with Crippen LogP contribution in [0.1, 0.15) is 19.3 Å². The Morgan fingerprint density at radius 2 is 2.07 bits per heavy atom. The second kappa shape index (κ2) is 6.00. The molecule has 1 amide bonds. The van der Waals surface area contributed by atoms with Gasteiger partial charge in [0.1, 0.15) is 0 Å². The summed E-state index contributed by atoms with van der Waals surface area (Å²) >= 11 is 0. The summed E-state index contributed by atoms with van der Waals surface area (Å²) in [5.74, 6) is -0.443. The zero-order chi connectivity index (χ0) is 11.3. The summed E-state index contributed by atoms with van der Waals surface area (Å²) < 4.78 is 24.2. The largest absolute Gasteiger partial charge is 0.338 e. The van der Waals surface area contributed by atoms with Crippen LogP contribution in [0.5, 0.6) is 0 Å². The van der Waals surface area contributed by atoms with Crippen molar-refractivity contribution < 1.29 is 13.6 Å². The number of amides is 1. The number of carbonyl (C=O) groups is 1. The molecule has 1 fully saturated rings. The molecule has 0 bridgehead atoms. The number of rotatable bonds is 4. The van der Waals surface area contributed by atoms with Crippen LogP contribution < -0.4 is 5.32 Å². The molecule has 0 aromatic rings. The Labute approximate surface area is 88.8 Å². The smallest absolute Gasteiger partial charge is 0.315 e. The van der Waals surface area contributed by atoms with Crippen LogP contribution in [0.25, 0.3) is 0 Å². The Morgan fingerprint density at radius 1 is 1.47 bits per heavy atom. The second-order valence-corrected chi connectivity index (χ2v) is 3.96. The first kappa shape index (κ1) is 12.4. The summed E-state index contributed by atoms with van der Waals surface area (Å²) in [7, 11) is 1.90. The summed E-state index contributed by atoms with van der Waals surface area (Å²) in [6.45, 7) is 1.92. The van der Waals surface area contributed by atoms with Crippen LogP contribution in [-0.4, -0.2) is 43.9 Å². The average molecular weight is 220 g/mol. The molecule has 3 nitrogen and oxygen atoms in total. The van der Waals surface area contributed by atoms with Gasteiger partial charge >= 0.3 is 6.43 Å². The van der Waals surface area contributed by atoms with Crippen LogP contribution in [0.2, 0.25) is 0 Å². The molecule has 1 aliphatic heterocycles. The summed E-state index contributed by atoms with van der Waals surface area (Å²) in [6, 6.07) is 0. The molecule has 0 saturated carbocycles. The van der Waals surface area contributed by atoms with E-state index >= 15 is 0 Å². The molecule has 1 N–H and O–H groups in total. The van der Waals surface area contributed by atoms with Gasteiger partial charge in [-0.05, 0) is 38.8 Å². The Bertz CT molecular complexity index is 204. The average Bonchev–Trinajstić information content (AvgIpc) is 2.26. The minimum atomic E-state index is -2.85. The van der Waals surface area contributed by atoms with Crippen molar-refractivity contribution in [1.29, 1.82) is 0 Å². The van der Waals surface area contributed by atoms with E-state index in [0.717, 1.165) is 25.8 Å². The van der Waals surface area contributed by atoms with E-state index in [-0.39, 0.29) is 0 Å². The van der Waals surface area contributed by atoms with E-state index in [9.17, 15) is 13.6 Å². The predicted octanol–water partition coefficient (Wildman–Crippen LogP) is 1.10. The first-order valence-electron chi connectivity index (χ1n) is 5.36. The highest BCUT2D eigenvalue weighted by Gasteiger charge is 2.27. The van der Waals surface area contributed by atoms with E-state index in [1.807, 2.05) is 7.05 Å². The lowest BCUT2D eigenvalue weighted by Crippen LogP contribution is -2.41. The lowest BCUT2D eigenvalue weighted by atomic mass is 9.93. The number of alkyl halides is 2. The number of carbonyl (C=O) groups excluding carboxylic acids is 1. The van der Waals surface area contributed by atoms with Gasteiger partial charge in [-0.25, -0.2) is 0 Å². The van der Waals surface area contributed by atoms with Gasteiger partial charge in [0.25, 0.3) is 5.91 Å². The molecule has 15 heavy (non-hydrogen) atoms. The number of halogens is 2. The molecular weight excluding hydrogens is 202 g/mol. The molecule has 88 valence electrons. The van der Waals surface area contributed by atoms with Crippen molar-refractivity contribution in [3.8, 4) is 0 Å². The Balaban J connectivity index is 2.26. The number of piperidine rings is 1. The monoisotopic (exact) mass is 220 g/mol. The first-order valence-corrected chi connectivity index (χ1v) is 5.36. The van der Waals surface area contributed by atoms with Crippen LogP contribution in [0, 0.1) is 5.92 Å². The van der Waals surface area contributed by atoms with Gasteiger partial charge in [-0.2, -0.15) is 8.78 Å². The summed E-state index contributed by atoms with van der Waals surface area (Å²) in [6.07, 6.45) is -0.0908. The van der Waals surface area contributed by atoms with Crippen LogP contribution in [-0.2, 0) is 4.79 Å². The molecular formula is C10H18F2N2O. The van der Waals surface area contributed by atoms with E-state index in [1.165, 1.54) is 4.90 Å². The topological polar surface area (TPSA) is 32.3 Å². The van der Waals surface area contributed by atoms with Crippen LogP contribution in [0.15, 0.2) is 0 Å². The number of hydrogen-bond donors (Lipinski definition) is 1. The first-order chi connectivity index (χ1) is 7.15. The minimum Gasteiger partial charge on any atom is -0.338 e. The SMILES string of the molecule is CNCCC1CCN(C(=O)C(F)F)CC1. The van der Waals surface area contributed by atoms with E-state index in [2.05, 4.69) is 5.32 Å². The van der Waals surface area contributed by atoms with Gasteiger partial charge in [0.05, 0.1) is 0 Å². The number of hydrogen-bond acceptors (Lipinski definition) is 2. The van der Waals surface area contributed by atoms with Gasteiger partial charge in [-0.1, -0.05) is 0 Å². The molecule has 1 rings (SSSR count). The fourth-order valence-corrected chi connectivity index (χ4v) is 1.93. The quantitative estimate of drug-likeness (QED) is 0.769. The third-order valence-corrected chi connectivity index (χ3v) is 2.92. The normalized spacial score (nSPS) is 18.5. The molecule has 0 radical (unpaired) electrons. The fourth-order valence-electron chi connectivity index (χ4n) is 1.93. The van der Waals surface area contributed by atoms with Crippen molar-refractivity contribution in [2.45, 2.75) is 25.7 Å². The van der Waals surface area contributed by atoms with Crippen molar-refractivity contribution in [2.75, 3.05) is 26.7 Å². The van der Waals surface area contributed by atoms with E-state index in [4.69, 9.17) is 0 Å². The van der Waals surface area contributed by atoms with Gasteiger partial charge < -0.3 is 10.2 Å². The molecule has 1 heterocycles. The zero-order valence-corrected chi connectivity index (χ0v) is 9.01. The van der Waals surface area contributed by atoms with Gasteiger partial charge in [0, 0.05) is 13.1 Å². The van der Waals surface area contributed by atoms with Crippen molar-refractivity contribution in [3.63, 3.8) is 0 Å². The summed E-state index contributed by atoms with van der Waals surface area (Å²) in [5.41, 5.74) is 0. The number of nitrogens with one attached hydrogen (secondary N) is 1. The Hall–Kier alpha value is -0.710. The van der Waals surface area contributed by atoms with E-state index in [0.29, 0.717) is 19.0 Å². The zero-order valence-electron chi connectivity index (χ0n) is 9.01. The fraction of sp³-hybridized carbons (Fsp3) is 0.900. The third kappa shape index (κ3) is 3.74. The minimum absolute atomic E-state index is 0.484. The van der Waals surface area contributed by atoms with Gasteiger partial charge in [-0.15, -0.1) is 0 Å². The van der Waals surface area contributed by atoms with Crippen LogP contribution in [0.4, 0.5) is 8.78 Å². The number of likely N-dealkylation sites (tertiary alicyclic amines) is 1. The number of nitrogens with zero attached hydrogens (tertiary/aromatic N) is 1. The molecule has 5 heteroatoms. The Kier molecular flexibility index (Phi) is 4.94. The standard InChI is InChI=1S/C10H18F2N2O/c1-13-5-2-8-3-6-14(7-4-8)10(15)9(11)12/h8-9,13H,2-7H2,1H3.